The third-order valence-electron chi connectivity index (χ3n) is 6.16. The standard InChI is InChI=1S/C22H29N3O/c1-16-5-3-8-20(13-16)22(26)24-11-9-18(10-12-24)15-25-17(2)14-23-21(25)19-6-4-7-19/h3,5,8,13-14,18-19H,4,6-7,9-12,15H2,1-2H3. The number of rotatable bonds is 4. The van der Waals surface area contributed by atoms with Crippen LogP contribution in [0.25, 0.3) is 0 Å². The molecule has 26 heavy (non-hydrogen) atoms. The lowest BCUT2D eigenvalue weighted by molar-refractivity contribution is 0.0681. The number of carbonyl (C=O) groups is 1. The van der Waals surface area contributed by atoms with E-state index in [1.807, 2.05) is 42.3 Å². The predicted octanol–water partition coefficient (Wildman–Crippen LogP) is 4.32. The van der Waals surface area contributed by atoms with E-state index in [0.717, 1.165) is 43.6 Å². The van der Waals surface area contributed by atoms with Crippen LogP contribution in [-0.4, -0.2) is 33.4 Å². The molecular formula is C22H29N3O. The van der Waals surface area contributed by atoms with E-state index in [-0.39, 0.29) is 5.91 Å². The van der Waals surface area contributed by atoms with Crippen molar-refractivity contribution in [1.82, 2.24) is 14.5 Å². The van der Waals surface area contributed by atoms with Crippen LogP contribution in [0.5, 0.6) is 0 Å². The largest absolute Gasteiger partial charge is 0.339 e. The van der Waals surface area contributed by atoms with E-state index in [1.54, 1.807) is 0 Å². The monoisotopic (exact) mass is 351 g/mol. The first-order valence-corrected chi connectivity index (χ1v) is 10.00. The van der Waals surface area contributed by atoms with Gasteiger partial charge in [-0.05, 0) is 57.6 Å². The summed E-state index contributed by atoms with van der Waals surface area (Å²) in [6.07, 6.45) is 8.12. The zero-order chi connectivity index (χ0) is 18.1. The van der Waals surface area contributed by atoms with Crippen molar-refractivity contribution in [2.24, 2.45) is 5.92 Å². The second kappa shape index (κ2) is 7.26. The van der Waals surface area contributed by atoms with E-state index >= 15 is 0 Å². The first-order chi connectivity index (χ1) is 12.6. The van der Waals surface area contributed by atoms with Crippen LogP contribution in [0.3, 0.4) is 0 Å². The highest BCUT2D eigenvalue weighted by Crippen LogP contribution is 2.36. The molecule has 2 heterocycles. The van der Waals surface area contributed by atoms with Crippen molar-refractivity contribution in [2.75, 3.05) is 13.1 Å². The van der Waals surface area contributed by atoms with Crippen molar-refractivity contribution in [3.63, 3.8) is 0 Å². The van der Waals surface area contributed by atoms with Gasteiger partial charge >= 0.3 is 0 Å². The zero-order valence-corrected chi connectivity index (χ0v) is 15.9. The summed E-state index contributed by atoms with van der Waals surface area (Å²) in [4.78, 5) is 19.4. The fourth-order valence-electron chi connectivity index (χ4n) is 4.25. The maximum absolute atomic E-state index is 12.7. The number of imidazole rings is 1. The van der Waals surface area contributed by atoms with Gasteiger partial charge in [0.25, 0.3) is 5.91 Å². The van der Waals surface area contributed by atoms with Crippen LogP contribution in [0, 0.1) is 19.8 Å². The normalized spacial score (nSPS) is 18.8. The van der Waals surface area contributed by atoms with E-state index < -0.39 is 0 Å². The minimum absolute atomic E-state index is 0.182. The summed E-state index contributed by atoms with van der Waals surface area (Å²) in [5, 5.41) is 0. The maximum Gasteiger partial charge on any atom is 0.253 e. The summed E-state index contributed by atoms with van der Waals surface area (Å²) in [5.74, 6) is 2.79. The van der Waals surface area contributed by atoms with Gasteiger partial charge in [-0.3, -0.25) is 4.79 Å². The third-order valence-corrected chi connectivity index (χ3v) is 6.16. The second-order valence-corrected chi connectivity index (χ2v) is 8.10. The Balaban J connectivity index is 1.37. The van der Waals surface area contributed by atoms with Gasteiger partial charge in [-0.2, -0.15) is 0 Å². The molecule has 1 aliphatic carbocycles. The van der Waals surface area contributed by atoms with Crippen molar-refractivity contribution in [3.05, 3.63) is 53.1 Å². The van der Waals surface area contributed by atoms with Crippen LogP contribution in [0.15, 0.2) is 30.5 Å². The Labute approximate surface area is 156 Å². The van der Waals surface area contributed by atoms with Gasteiger partial charge in [0.15, 0.2) is 0 Å². The molecule has 0 unspecified atom stereocenters. The molecule has 4 nitrogen and oxygen atoms in total. The van der Waals surface area contributed by atoms with Crippen LogP contribution in [0.2, 0.25) is 0 Å². The number of nitrogens with zero attached hydrogens (tertiary/aromatic N) is 3. The smallest absolute Gasteiger partial charge is 0.253 e. The van der Waals surface area contributed by atoms with Gasteiger partial charge < -0.3 is 9.47 Å². The molecule has 1 saturated heterocycles. The fourth-order valence-corrected chi connectivity index (χ4v) is 4.25. The van der Waals surface area contributed by atoms with Crippen LogP contribution < -0.4 is 0 Å². The van der Waals surface area contributed by atoms with Crippen LogP contribution >= 0.6 is 0 Å². The van der Waals surface area contributed by atoms with Crippen molar-refractivity contribution in [2.45, 2.75) is 58.4 Å². The molecule has 4 rings (SSSR count). The molecule has 0 atom stereocenters. The molecule has 2 aromatic rings. The number of piperidine rings is 1. The molecule has 0 radical (unpaired) electrons. The van der Waals surface area contributed by atoms with Crippen molar-refractivity contribution in [1.29, 1.82) is 0 Å². The summed E-state index contributed by atoms with van der Waals surface area (Å²) in [5.41, 5.74) is 3.25. The highest BCUT2D eigenvalue weighted by molar-refractivity contribution is 5.94. The van der Waals surface area contributed by atoms with E-state index in [0.29, 0.717) is 11.8 Å². The molecule has 0 N–H and O–H groups in total. The third kappa shape index (κ3) is 3.42. The molecule has 138 valence electrons. The number of hydrogen-bond donors (Lipinski definition) is 0. The quantitative estimate of drug-likeness (QED) is 0.823. The Morgan fingerprint density at radius 3 is 2.58 bits per heavy atom. The Bertz CT molecular complexity index is 782. The average molecular weight is 351 g/mol. The van der Waals surface area contributed by atoms with Gasteiger partial charge in [0.2, 0.25) is 0 Å². The zero-order valence-electron chi connectivity index (χ0n) is 15.9. The van der Waals surface area contributed by atoms with Crippen molar-refractivity contribution in [3.8, 4) is 0 Å². The van der Waals surface area contributed by atoms with E-state index in [9.17, 15) is 4.79 Å². The fraction of sp³-hybridized carbons (Fsp3) is 0.545. The van der Waals surface area contributed by atoms with Crippen LogP contribution in [0.1, 0.15) is 65.5 Å². The van der Waals surface area contributed by atoms with Crippen molar-refractivity contribution < 1.29 is 4.79 Å². The Kier molecular flexibility index (Phi) is 4.84. The Hall–Kier alpha value is -2.10. The van der Waals surface area contributed by atoms with E-state index in [1.165, 1.54) is 30.8 Å². The summed E-state index contributed by atoms with van der Waals surface area (Å²) in [6.45, 7) is 7.00. The predicted molar refractivity (Wildman–Crippen MR) is 103 cm³/mol. The van der Waals surface area contributed by atoms with Gasteiger partial charge in [0, 0.05) is 43.0 Å². The number of likely N-dealkylation sites (tertiary alicyclic amines) is 1. The summed E-state index contributed by atoms with van der Waals surface area (Å²) in [7, 11) is 0. The number of hydrogen-bond acceptors (Lipinski definition) is 2. The minimum Gasteiger partial charge on any atom is -0.339 e. The minimum atomic E-state index is 0.182. The number of amides is 1. The van der Waals surface area contributed by atoms with Gasteiger partial charge in [-0.25, -0.2) is 4.98 Å². The topological polar surface area (TPSA) is 38.1 Å². The number of aromatic nitrogens is 2. The molecular weight excluding hydrogens is 322 g/mol. The van der Waals surface area contributed by atoms with E-state index in [4.69, 9.17) is 4.98 Å². The Morgan fingerprint density at radius 1 is 1.15 bits per heavy atom. The number of benzene rings is 1. The lowest BCUT2D eigenvalue weighted by atomic mass is 9.84. The number of carbonyl (C=O) groups excluding carboxylic acids is 1. The van der Waals surface area contributed by atoms with Gasteiger partial charge in [0.1, 0.15) is 5.82 Å². The highest BCUT2D eigenvalue weighted by atomic mass is 16.2. The maximum atomic E-state index is 12.7. The molecule has 1 aromatic heterocycles. The Morgan fingerprint density at radius 2 is 1.92 bits per heavy atom. The molecule has 2 fully saturated rings. The lowest BCUT2D eigenvalue weighted by Gasteiger charge is -2.33. The van der Waals surface area contributed by atoms with Gasteiger partial charge in [0.05, 0.1) is 0 Å². The second-order valence-electron chi connectivity index (χ2n) is 8.10. The summed E-state index contributed by atoms with van der Waals surface area (Å²) >= 11 is 0. The molecule has 2 aliphatic rings. The number of aryl methyl sites for hydroxylation is 2. The SMILES string of the molecule is Cc1cccc(C(=O)N2CCC(Cn3c(C)cnc3C3CCC3)CC2)c1. The highest BCUT2D eigenvalue weighted by Gasteiger charge is 2.28. The summed E-state index contributed by atoms with van der Waals surface area (Å²) in [6, 6.07) is 7.94. The molecule has 1 aromatic carbocycles. The van der Waals surface area contributed by atoms with Gasteiger partial charge in [-0.15, -0.1) is 0 Å². The first kappa shape index (κ1) is 17.3. The van der Waals surface area contributed by atoms with E-state index in [2.05, 4.69) is 11.5 Å². The van der Waals surface area contributed by atoms with Crippen molar-refractivity contribution >= 4 is 5.91 Å². The van der Waals surface area contributed by atoms with Gasteiger partial charge in [-0.1, -0.05) is 24.1 Å². The average Bonchev–Trinajstić information content (AvgIpc) is 2.94. The molecule has 1 aliphatic heterocycles. The molecule has 1 amide bonds. The van der Waals surface area contributed by atoms with Crippen LogP contribution in [-0.2, 0) is 6.54 Å². The van der Waals surface area contributed by atoms with Crippen LogP contribution in [0.4, 0.5) is 0 Å². The molecule has 4 heteroatoms. The molecule has 0 spiro atoms. The first-order valence-electron chi connectivity index (χ1n) is 10.00. The molecule has 1 saturated carbocycles. The lowest BCUT2D eigenvalue weighted by Crippen LogP contribution is -2.39. The summed E-state index contributed by atoms with van der Waals surface area (Å²) < 4.78 is 2.45. The molecule has 0 bridgehead atoms.